The van der Waals surface area contributed by atoms with E-state index in [0.717, 1.165) is 13.2 Å². The van der Waals surface area contributed by atoms with E-state index in [1.165, 1.54) is 10.6 Å². The maximum absolute atomic E-state index is 5.99. The van der Waals surface area contributed by atoms with E-state index in [9.17, 15) is 0 Å². The van der Waals surface area contributed by atoms with Gasteiger partial charge in [-0.05, 0) is 11.0 Å². The monoisotopic (exact) mass is 290 g/mol. The Bertz CT molecular complexity index is 461. The maximum atomic E-state index is 5.99. The first-order chi connectivity index (χ1) is 9.24. The highest BCUT2D eigenvalue weighted by Crippen LogP contribution is 2.23. The van der Waals surface area contributed by atoms with Gasteiger partial charge >= 0.3 is 7.12 Å². The quantitative estimate of drug-likeness (QED) is 0.797. The van der Waals surface area contributed by atoms with E-state index in [1.807, 2.05) is 0 Å². The zero-order valence-corrected chi connectivity index (χ0v) is 14.7. The largest absolute Gasteiger partial charge is 0.493 e. The molecule has 0 N–H and O–H groups in total. The van der Waals surface area contributed by atoms with Crippen molar-refractivity contribution in [2.45, 2.75) is 46.3 Å². The van der Waals surface area contributed by atoms with Gasteiger partial charge < -0.3 is 9.31 Å². The molecular formula is C16H27BO2Si. The van der Waals surface area contributed by atoms with Crippen LogP contribution in [0.2, 0.25) is 18.6 Å². The van der Waals surface area contributed by atoms with E-state index in [1.54, 1.807) is 0 Å². The molecule has 1 aliphatic rings. The third-order valence-corrected chi connectivity index (χ3v) is 9.33. The molecule has 0 radical (unpaired) electrons. The van der Waals surface area contributed by atoms with Crippen molar-refractivity contribution in [2.24, 2.45) is 5.41 Å². The fraction of sp³-hybridized carbons (Fsp3) is 0.625. The van der Waals surface area contributed by atoms with E-state index in [0.29, 0.717) is 5.54 Å². The molecule has 0 aromatic heterocycles. The maximum Gasteiger partial charge on any atom is 0.493 e. The normalized spacial score (nSPS) is 19.4. The minimum absolute atomic E-state index is 0.121. The summed E-state index contributed by atoms with van der Waals surface area (Å²) in [5.41, 5.74) is 2.06. The Morgan fingerprint density at radius 1 is 1.10 bits per heavy atom. The number of hydrogen-bond acceptors (Lipinski definition) is 2. The number of hydrogen-bond donors (Lipinski definition) is 0. The molecule has 20 heavy (non-hydrogen) atoms. The molecule has 0 amide bonds. The van der Waals surface area contributed by atoms with Crippen LogP contribution in [0, 0.1) is 5.41 Å². The van der Waals surface area contributed by atoms with Crippen molar-refractivity contribution in [3.05, 3.63) is 24.3 Å². The average molecular weight is 290 g/mol. The van der Waals surface area contributed by atoms with Gasteiger partial charge in [0.2, 0.25) is 0 Å². The van der Waals surface area contributed by atoms with Crippen molar-refractivity contribution in [3.63, 3.8) is 0 Å². The molecule has 0 saturated carbocycles. The van der Waals surface area contributed by atoms with E-state index >= 15 is 0 Å². The van der Waals surface area contributed by atoms with Gasteiger partial charge in [-0.1, -0.05) is 70.2 Å². The molecule has 2 nitrogen and oxygen atoms in total. The first-order valence-electron chi connectivity index (χ1n) is 7.57. The molecule has 1 aliphatic heterocycles. The van der Waals surface area contributed by atoms with E-state index in [-0.39, 0.29) is 12.5 Å². The summed E-state index contributed by atoms with van der Waals surface area (Å²) >= 11 is 0. The van der Waals surface area contributed by atoms with Gasteiger partial charge in [-0.25, -0.2) is 0 Å². The summed E-state index contributed by atoms with van der Waals surface area (Å²) in [5, 5.41) is 1.47. The molecule has 110 valence electrons. The molecule has 4 heteroatoms. The summed E-state index contributed by atoms with van der Waals surface area (Å²) in [6.07, 6.45) is 0. The van der Waals surface area contributed by atoms with Crippen molar-refractivity contribution in [2.75, 3.05) is 13.2 Å². The van der Waals surface area contributed by atoms with E-state index in [4.69, 9.17) is 9.31 Å². The fourth-order valence-corrected chi connectivity index (χ4v) is 4.57. The smallest absolute Gasteiger partial charge is 0.407 e. The summed E-state index contributed by atoms with van der Waals surface area (Å²) in [7, 11) is -1.67. The molecule has 1 aromatic rings. The highest BCUT2D eigenvalue weighted by molar-refractivity contribution is 6.94. The van der Waals surface area contributed by atoms with Crippen molar-refractivity contribution < 1.29 is 9.31 Å². The summed E-state index contributed by atoms with van der Waals surface area (Å²) < 4.78 is 12.0. The van der Waals surface area contributed by atoms with Gasteiger partial charge in [-0.2, -0.15) is 0 Å². The standard InChI is InChI=1S/C16H27BO2Si/c1-13(2)20(5,6)15-10-8-7-9-14(15)17-18-11-16(3,4)12-19-17/h7-10,13H,11-12H2,1-6H3. The van der Waals surface area contributed by atoms with Crippen LogP contribution < -0.4 is 10.6 Å². The van der Waals surface area contributed by atoms with Crippen LogP contribution in [0.1, 0.15) is 27.7 Å². The summed E-state index contributed by atoms with van der Waals surface area (Å²) in [6.45, 7) is 15.4. The average Bonchev–Trinajstić information content (AvgIpc) is 2.38. The van der Waals surface area contributed by atoms with E-state index < -0.39 is 8.07 Å². The van der Waals surface area contributed by atoms with Crippen LogP contribution in [-0.2, 0) is 9.31 Å². The molecule has 2 rings (SSSR count). The predicted octanol–water partition coefficient (Wildman–Crippen LogP) is 2.78. The first-order valence-corrected chi connectivity index (χ1v) is 10.6. The first kappa shape index (κ1) is 15.8. The molecular weight excluding hydrogens is 263 g/mol. The Kier molecular flexibility index (Phi) is 4.47. The molecule has 0 bridgehead atoms. The zero-order chi connectivity index (χ0) is 15.0. The Balaban J connectivity index is 2.30. The summed E-state index contributed by atoms with van der Waals surface area (Å²) in [6, 6.07) is 8.68. The second-order valence-corrected chi connectivity index (χ2v) is 12.7. The third-order valence-electron chi connectivity index (χ3n) is 4.60. The van der Waals surface area contributed by atoms with Crippen LogP contribution in [0.4, 0.5) is 0 Å². The minimum atomic E-state index is -1.48. The zero-order valence-electron chi connectivity index (χ0n) is 13.7. The van der Waals surface area contributed by atoms with Crippen LogP contribution in [0.25, 0.3) is 0 Å². The molecule has 1 heterocycles. The van der Waals surface area contributed by atoms with Gasteiger partial charge in [-0.3, -0.25) is 0 Å². The van der Waals surface area contributed by atoms with Gasteiger partial charge in [0.25, 0.3) is 0 Å². The van der Waals surface area contributed by atoms with Crippen molar-refractivity contribution in [1.29, 1.82) is 0 Å². The SMILES string of the molecule is CC(C)[Si](C)(C)c1ccccc1B1OCC(C)(C)CO1. The molecule has 1 saturated heterocycles. The lowest BCUT2D eigenvalue weighted by Crippen LogP contribution is -2.59. The molecule has 0 atom stereocenters. The molecule has 1 aromatic carbocycles. The Morgan fingerprint density at radius 2 is 1.65 bits per heavy atom. The molecule has 0 spiro atoms. The van der Waals surface area contributed by atoms with Crippen LogP contribution in [0.15, 0.2) is 24.3 Å². The van der Waals surface area contributed by atoms with Crippen LogP contribution in [0.3, 0.4) is 0 Å². The minimum Gasteiger partial charge on any atom is -0.407 e. The van der Waals surface area contributed by atoms with Crippen LogP contribution in [-0.4, -0.2) is 28.4 Å². The second-order valence-electron chi connectivity index (χ2n) is 7.58. The third kappa shape index (κ3) is 3.18. The molecule has 1 fully saturated rings. The van der Waals surface area contributed by atoms with Gasteiger partial charge in [0.1, 0.15) is 0 Å². The van der Waals surface area contributed by atoms with Crippen molar-refractivity contribution in [3.8, 4) is 0 Å². The Morgan fingerprint density at radius 3 is 2.20 bits per heavy atom. The van der Waals surface area contributed by atoms with E-state index in [2.05, 4.69) is 65.1 Å². The van der Waals surface area contributed by atoms with Gasteiger partial charge in [-0.15, -0.1) is 0 Å². The lowest BCUT2D eigenvalue weighted by Gasteiger charge is -2.36. The van der Waals surface area contributed by atoms with Crippen molar-refractivity contribution in [1.82, 2.24) is 0 Å². The molecule has 0 unspecified atom stereocenters. The Labute approximate surface area is 125 Å². The Hall–Kier alpha value is -0.578. The highest BCUT2D eigenvalue weighted by Gasteiger charge is 2.38. The van der Waals surface area contributed by atoms with Crippen LogP contribution in [0.5, 0.6) is 0 Å². The summed E-state index contributed by atoms with van der Waals surface area (Å²) in [4.78, 5) is 0. The predicted molar refractivity (Wildman–Crippen MR) is 89.7 cm³/mol. The van der Waals surface area contributed by atoms with Crippen LogP contribution >= 0.6 is 0 Å². The van der Waals surface area contributed by atoms with Gasteiger partial charge in [0.05, 0.1) is 8.07 Å². The number of rotatable bonds is 3. The molecule has 0 aliphatic carbocycles. The lowest BCUT2D eigenvalue weighted by atomic mass is 9.76. The second kappa shape index (κ2) is 5.66. The lowest BCUT2D eigenvalue weighted by molar-refractivity contribution is 0.0344. The number of benzene rings is 1. The van der Waals surface area contributed by atoms with Gasteiger partial charge in [0, 0.05) is 18.6 Å². The van der Waals surface area contributed by atoms with Crippen molar-refractivity contribution >= 4 is 25.8 Å². The highest BCUT2D eigenvalue weighted by atomic mass is 28.3. The topological polar surface area (TPSA) is 18.5 Å². The summed E-state index contributed by atoms with van der Waals surface area (Å²) in [5.74, 6) is 0. The fourth-order valence-electron chi connectivity index (χ4n) is 2.47. The van der Waals surface area contributed by atoms with Gasteiger partial charge in [0.15, 0.2) is 0 Å².